The van der Waals surface area contributed by atoms with Gasteiger partial charge in [0.05, 0.1) is 17.3 Å². The van der Waals surface area contributed by atoms with Gasteiger partial charge in [-0.15, -0.1) is 22.0 Å². The first-order valence-corrected chi connectivity index (χ1v) is 10.3. The maximum absolute atomic E-state index is 13.0. The van der Waals surface area contributed by atoms with Gasteiger partial charge in [-0.1, -0.05) is 23.4 Å². The van der Waals surface area contributed by atoms with Crippen molar-refractivity contribution in [3.8, 4) is 0 Å². The molecular weight excluding hydrogens is 386 g/mol. The second-order valence-electron chi connectivity index (χ2n) is 6.77. The van der Waals surface area contributed by atoms with Crippen LogP contribution in [-0.2, 0) is 5.75 Å². The normalized spacial score (nSPS) is 12.2. The molecule has 3 aromatic heterocycles. The molecule has 148 valence electrons. The van der Waals surface area contributed by atoms with E-state index in [0.717, 1.165) is 27.6 Å². The molecule has 3 heterocycles. The van der Waals surface area contributed by atoms with Crippen molar-refractivity contribution < 1.29 is 9.32 Å². The monoisotopic (exact) mass is 407 g/mol. The average molecular weight is 407 g/mol. The number of thioether (sulfide) groups is 1. The van der Waals surface area contributed by atoms with E-state index in [0.29, 0.717) is 17.1 Å². The molecule has 0 aliphatic heterocycles. The highest BCUT2D eigenvalue weighted by Gasteiger charge is 2.19. The molecule has 0 bridgehead atoms. The highest BCUT2D eigenvalue weighted by Crippen LogP contribution is 2.29. The van der Waals surface area contributed by atoms with Crippen LogP contribution >= 0.6 is 11.8 Å². The highest BCUT2D eigenvalue weighted by atomic mass is 32.2. The molecule has 1 unspecified atom stereocenters. The lowest BCUT2D eigenvalue weighted by molar-refractivity contribution is 0.0935. The maximum Gasteiger partial charge on any atom is 0.252 e. The molecule has 0 saturated heterocycles. The van der Waals surface area contributed by atoms with E-state index in [1.54, 1.807) is 11.8 Å². The van der Waals surface area contributed by atoms with E-state index in [1.807, 2.05) is 73.8 Å². The van der Waals surface area contributed by atoms with Crippen molar-refractivity contribution in [1.29, 1.82) is 0 Å². The Morgan fingerprint density at radius 1 is 1.17 bits per heavy atom. The Morgan fingerprint density at radius 3 is 2.76 bits per heavy atom. The SMILES string of the molecule is Cc1noc(C)c1CSc1ccccc1C(=O)NC(C)c1nnc2ccccn12. The Labute approximate surface area is 172 Å². The van der Waals surface area contributed by atoms with Gasteiger partial charge in [0, 0.05) is 22.4 Å². The van der Waals surface area contributed by atoms with E-state index in [4.69, 9.17) is 4.52 Å². The second-order valence-corrected chi connectivity index (χ2v) is 7.79. The second kappa shape index (κ2) is 8.08. The summed E-state index contributed by atoms with van der Waals surface area (Å²) in [5, 5.41) is 15.4. The van der Waals surface area contributed by atoms with E-state index in [9.17, 15) is 4.79 Å². The summed E-state index contributed by atoms with van der Waals surface area (Å²) < 4.78 is 7.11. The fourth-order valence-electron chi connectivity index (χ4n) is 3.13. The first-order chi connectivity index (χ1) is 14.0. The number of fused-ring (bicyclic) bond motifs is 1. The number of benzene rings is 1. The molecule has 1 atom stereocenters. The lowest BCUT2D eigenvalue weighted by Gasteiger charge is -2.14. The standard InChI is InChI=1S/C21H21N5O2S/c1-13-17(15(3)28-25-13)12-29-18-9-5-4-8-16(18)21(27)22-14(2)20-24-23-19-10-6-7-11-26(19)20/h4-11,14H,12H2,1-3H3,(H,22,27). The van der Waals surface area contributed by atoms with Gasteiger partial charge in [0.2, 0.25) is 0 Å². The highest BCUT2D eigenvalue weighted by molar-refractivity contribution is 7.98. The summed E-state index contributed by atoms with van der Waals surface area (Å²) in [7, 11) is 0. The molecule has 0 spiro atoms. The zero-order valence-corrected chi connectivity index (χ0v) is 17.2. The van der Waals surface area contributed by atoms with E-state index < -0.39 is 0 Å². The third-order valence-electron chi connectivity index (χ3n) is 4.76. The minimum atomic E-state index is -0.291. The number of aryl methyl sites for hydroxylation is 2. The van der Waals surface area contributed by atoms with Crippen molar-refractivity contribution in [3.05, 3.63) is 77.1 Å². The summed E-state index contributed by atoms with van der Waals surface area (Å²) >= 11 is 1.59. The van der Waals surface area contributed by atoms with Gasteiger partial charge >= 0.3 is 0 Å². The van der Waals surface area contributed by atoms with Gasteiger partial charge in [0.15, 0.2) is 11.5 Å². The van der Waals surface area contributed by atoms with Crippen LogP contribution in [0.3, 0.4) is 0 Å². The van der Waals surface area contributed by atoms with Crippen molar-refractivity contribution in [2.45, 2.75) is 37.5 Å². The number of hydrogen-bond acceptors (Lipinski definition) is 6. The zero-order valence-electron chi connectivity index (χ0n) is 16.4. The fourth-order valence-corrected chi connectivity index (χ4v) is 4.34. The Hall–Kier alpha value is -3.13. The largest absolute Gasteiger partial charge is 0.361 e. The van der Waals surface area contributed by atoms with Crippen LogP contribution < -0.4 is 5.32 Å². The van der Waals surface area contributed by atoms with Gasteiger partial charge < -0.3 is 9.84 Å². The van der Waals surface area contributed by atoms with Gasteiger partial charge in [-0.25, -0.2) is 0 Å². The van der Waals surface area contributed by atoms with E-state index in [2.05, 4.69) is 20.7 Å². The van der Waals surface area contributed by atoms with Crippen LogP contribution in [0.1, 0.15) is 46.2 Å². The molecule has 4 rings (SSSR count). The number of aromatic nitrogens is 4. The molecule has 7 nitrogen and oxygen atoms in total. The quantitative estimate of drug-likeness (QED) is 0.484. The number of carbonyl (C=O) groups is 1. The zero-order chi connectivity index (χ0) is 20.4. The molecule has 0 radical (unpaired) electrons. The number of pyridine rings is 1. The third-order valence-corrected chi connectivity index (χ3v) is 5.86. The predicted molar refractivity (Wildman–Crippen MR) is 111 cm³/mol. The van der Waals surface area contributed by atoms with Gasteiger partial charge in [0.1, 0.15) is 5.76 Å². The van der Waals surface area contributed by atoms with Gasteiger partial charge in [0.25, 0.3) is 5.91 Å². The molecule has 8 heteroatoms. The average Bonchev–Trinajstić information content (AvgIpc) is 3.30. The summed E-state index contributed by atoms with van der Waals surface area (Å²) in [6, 6.07) is 13.0. The molecule has 0 aliphatic carbocycles. The lowest BCUT2D eigenvalue weighted by atomic mass is 10.2. The first-order valence-electron chi connectivity index (χ1n) is 9.28. The van der Waals surface area contributed by atoms with Crippen LogP contribution in [0.5, 0.6) is 0 Å². The summed E-state index contributed by atoms with van der Waals surface area (Å²) in [4.78, 5) is 13.9. The van der Waals surface area contributed by atoms with Crippen molar-refractivity contribution in [1.82, 2.24) is 25.1 Å². The summed E-state index contributed by atoms with van der Waals surface area (Å²) in [6.45, 7) is 5.73. The van der Waals surface area contributed by atoms with Crippen molar-refractivity contribution in [3.63, 3.8) is 0 Å². The Balaban J connectivity index is 1.51. The third kappa shape index (κ3) is 3.88. The van der Waals surface area contributed by atoms with Crippen LogP contribution in [-0.4, -0.2) is 25.7 Å². The van der Waals surface area contributed by atoms with Crippen LogP contribution in [0.4, 0.5) is 0 Å². The Bertz CT molecular complexity index is 1150. The number of rotatable bonds is 6. The summed E-state index contributed by atoms with van der Waals surface area (Å²) in [5.41, 5.74) is 3.32. The number of carbonyl (C=O) groups excluding carboxylic acids is 1. The number of hydrogen-bond donors (Lipinski definition) is 1. The van der Waals surface area contributed by atoms with E-state index in [1.165, 1.54) is 0 Å². The van der Waals surface area contributed by atoms with Crippen LogP contribution in [0.15, 0.2) is 58.1 Å². The molecule has 0 saturated carbocycles. The number of nitrogens with one attached hydrogen (secondary N) is 1. The van der Waals surface area contributed by atoms with Crippen LogP contribution in [0.25, 0.3) is 5.65 Å². The maximum atomic E-state index is 13.0. The van der Waals surface area contributed by atoms with Gasteiger partial charge in [-0.3, -0.25) is 9.20 Å². The van der Waals surface area contributed by atoms with E-state index in [-0.39, 0.29) is 11.9 Å². The van der Waals surface area contributed by atoms with Crippen molar-refractivity contribution in [2.24, 2.45) is 0 Å². The first kappa shape index (κ1) is 19.2. The fraction of sp³-hybridized carbons (Fsp3) is 0.238. The van der Waals surface area contributed by atoms with Crippen molar-refractivity contribution in [2.75, 3.05) is 0 Å². The molecule has 1 N–H and O–H groups in total. The predicted octanol–water partition coefficient (Wildman–Crippen LogP) is 4.12. The molecule has 4 aromatic rings. The van der Waals surface area contributed by atoms with Gasteiger partial charge in [-0.2, -0.15) is 0 Å². The molecule has 1 amide bonds. The molecule has 29 heavy (non-hydrogen) atoms. The lowest BCUT2D eigenvalue weighted by Crippen LogP contribution is -2.28. The molecular formula is C21H21N5O2S. The summed E-state index contributed by atoms with van der Waals surface area (Å²) in [5.74, 6) is 2.04. The summed E-state index contributed by atoms with van der Waals surface area (Å²) in [6.07, 6.45) is 1.89. The van der Waals surface area contributed by atoms with Gasteiger partial charge in [-0.05, 0) is 45.0 Å². The number of amides is 1. The minimum Gasteiger partial charge on any atom is -0.361 e. The van der Waals surface area contributed by atoms with Crippen molar-refractivity contribution >= 4 is 23.3 Å². The van der Waals surface area contributed by atoms with Crippen LogP contribution in [0.2, 0.25) is 0 Å². The van der Waals surface area contributed by atoms with Crippen LogP contribution in [0, 0.1) is 13.8 Å². The Kier molecular flexibility index (Phi) is 5.35. The Morgan fingerprint density at radius 2 is 1.97 bits per heavy atom. The van der Waals surface area contributed by atoms with E-state index >= 15 is 0 Å². The topological polar surface area (TPSA) is 85.3 Å². The number of nitrogens with zero attached hydrogens (tertiary/aromatic N) is 4. The molecule has 0 aliphatic rings. The minimum absolute atomic E-state index is 0.146. The molecule has 0 fully saturated rings. The molecule has 1 aromatic carbocycles. The smallest absolute Gasteiger partial charge is 0.252 e.